The van der Waals surface area contributed by atoms with Gasteiger partial charge >= 0.3 is 0 Å². The molecule has 31 heavy (non-hydrogen) atoms. The number of halogens is 1. The van der Waals surface area contributed by atoms with Crippen molar-refractivity contribution in [2.45, 2.75) is 39.5 Å². The van der Waals surface area contributed by atoms with E-state index in [4.69, 9.17) is 21.3 Å². The van der Waals surface area contributed by atoms with Gasteiger partial charge in [0.2, 0.25) is 0 Å². The van der Waals surface area contributed by atoms with Crippen LogP contribution < -0.4 is 4.74 Å². The molecule has 1 N–H and O–H groups in total. The molecule has 4 nitrogen and oxygen atoms in total. The van der Waals surface area contributed by atoms with Gasteiger partial charge in [0.1, 0.15) is 11.6 Å². The van der Waals surface area contributed by atoms with Crippen LogP contribution in [0.3, 0.4) is 0 Å². The smallest absolute Gasteiger partial charge is 0.138 e. The fraction of sp³-hybridized carbons (Fsp3) is 0.423. The lowest BCUT2D eigenvalue weighted by atomic mass is 9.93. The van der Waals surface area contributed by atoms with Crippen LogP contribution in [0, 0.1) is 19.8 Å². The highest BCUT2D eigenvalue weighted by Gasteiger charge is 2.16. The van der Waals surface area contributed by atoms with Gasteiger partial charge in [-0.2, -0.15) is 0 Å². The Balaban J connectivity index is 1.36. The lowest BCUT2D eigenvalue weighted by molar-refractivity contribution is 0.200. The summed E-state index contributed by atoms with van der Waals surface area (Å²) >= 11 is 6.02. The highest BCUT2D eigenvalue weighted by atomic mass is 35.5. The quantitative estimate of drug-likeness (QED) is 0.428. The number of nitrogens with one attached hydrogen (secondary N) is 1. The minimum atomic E-state index is 0.731. The van der Waals surface area contributed by atoms with E-state index in [0.29, 0.717) is 0 Å². The Morgan fingerprint density at radius 1 is 1.10 bits per heavy atom. The van der Waals surface area contributed by atoms with Crippen LogP contribution in [0.4, 0.5) is 0 Å². The Labute approximate surface area is 190 Å². The maximum Gasteiger partial charge on any atom is 0.138 e. The molecule has 5 heteroatoms. The van der Waals surface area contributed by atoms with Crippen LogP contribution in [0.25, 0.3) is 22.6 Å². The molecule has 0 radical (unpaired) electrons. The van der Waals surface area contributed by atoms with Crippen molar-refractivity contribution in [1.82, 2.24) is 14.9 Å². The predicted molar refractivity (Wildman–Crippen MR) is 129 cm³/mol. The third-order valence-electron chi connectivity index (χ3n) is 6.32. The van der Waals surface area contributed by atoms with Crippen molar-refractivity contribution >= 4 is 11.6 Å². The van der Waals surface area contributed by atoms with Gasteiger partial charge in [0.15, 0.2) is 0 Å². The first-order valence-corrected chi connectivity index (χ1v) is 11.6. The standard InChI is InChI=1S/C26H32ClN3O/c1-18-17-23(31-16-4-5-20-12-14-30(3)15-13-20)10-11-24(18)26-28-19(2)25(29-26)21-6-8-22(27)9-7-21/h6-11,17,20H,4-5,12-16H2,1-3H3,(H,28,29). The Hall–Kier alpha value is -2.30. The third kappa shape index (κ3) is 5.50. The molecule has 0 bridgehead atoms. The van der Waals surface area contributed by atoms with Crippen LogP contribution in [0.1, 0.15) is 36.9 Å². The lowest BCUT2D eigenvalue weighted by Crippen LogP contribution is -2.30. The lowest BCUT2D eigenvalue weighted by Gasteiger charge is -2.28. The number of benzene rings is 2. The van der Waals surface area contributed by atoms with Gasteiger partial charge in [0.25, 0.3) is 0 Å². The molecule has 4 rings (SSSR count). The summed E-state index contributed by atoms with van der Waals surface area (Å²) in [5.41, 5.74) is 5.32. The second-order valence-electron chi connectivity index (χ2n) is 8.78. The molecule has 1 aliphatic heterocycles. The predicted octanol–water partition coefficient (Wildman–Crippen LogP) is 6.51. The number of rotatable bonds is 7. The number of ether oxygens (including phenoxy) is 1. The summed E-state index contributed by atoms with van der Waals surface area (Å²) in [6.07, 6.45) is 5.04. The summed E-state index contributed by atoms with van der Waals surface area (Å²) in [6, 6.07) is 14.1. The van der Waals surface area contributed by atoms with E-state index in [-0.39, 0.29) is 0 Å². The third-order valence-corrected chi connectivity index (χ3v) is 6.57. The minimum Gasteiger partial charge on any atom is -0.494 e. The number of H-pyrrole nitrogens is 1. The first-order chi connectivity index (χ1) is 15.0. The minimum absolute atomic E-state index is 0.731. The second kappa shape index (κ2) is 9.88. The van der Waals surface area contributed by atoms with Crippen molar-refractivity contribution in [3.63, 3.8) is 0 Å². The second-order valence-corrected chi connectivity index (χ2v) is 9.22. The zero-order chi connectivity index (χ0) is 21.8. The molecule has 0 aliphatic carbocycles. The largest absolute Gasteiger partial charge is 0.494 e. The van der Waals surface area contributed by atoms with Gasteiger partial charge in [-0.25, -0.2) is 4.98 Å². The SMILES string of the molecule is Cc1cc(OCCCC2CCN(C)CC2)ccc1-c1nc(-c2ccc(Cl)cc2)c(C)[nH]1. The van der Waals surface area contributed by atoms with Crippen molar-refractivity contribution in [2.75, 3.05) is 26.7 Å². The van der Waals surface area contributed by atoms with Gasteiger partial charge in [-0.05, 0) is 101 Å². The van der Waals surface area contributed by atoms with Gasteiger partial charge in [-0.1, -0.05) is 23.7 Å². The zero-order valence-corrected chi connectivity index (χ0v) is 19.5. The van der Waals surface area contributed by atoms with Gasteiger partial charge in [-0.15, -0.1) is 0 Å². The summed E-state index contributed by atoms with van der Waals surface area (Å²) in [5, 5.41) is 0.731. The van der Waals surface area contributed by atoms with Crippen LogP contribution in [0.2, 0.25) is 5.02 Å². The van der Waals surface area contributed by atoms with Gasteiger partial charge in [0.05, 0.1) is 12.3 Å². The van der Waals surface area contributed by atoms with Gasteiger partial charge in [0, 0.05) is 21.8 Å². The molecule has 0 atom stereocenters. The van der Waals surface area contributed by atoms with Crippen molar-refractivity contribution < 1.29 is 4.74 Å². The van der Waals surface area contributed by atoms with Crippen molar-refractivity contribution in [3.8, 4) is 28.4 Å². The van der Waals surface area contributed by atoms with Crippen LogP contribution in [0.15, 0.2) is 42.5 Å². The van der Waals surface area contributed by atoms with Gasteiger partial charge in [-0.3, -0.25) is 0 Å². The first-order valence-electron chi connectivity index (χ1n) is 11.2. The highest BCUT2D eigenvalue weighted by Crippen LogP contribution is 2.30. The zero-order valence-electron chi connectivity index (χ0n) is 18.7. The normalized spacial score (nSPS) is 15.4. The van der Waals surface area contributed by atoms with E-state index in [1.165, 1.54) is 32.4 Å². The summed E-state index contributed by atoms with van der Waals surface area (Å²) in [4.78, 5) is 10.7. The van der Waals surface area contributed by atoms with Crippen LogP contribution in [0.5, 0.6) is 5.75 Å². The number of hydrogen-bond acceptors (Lipinski definition) is 3. The maximum atomic E-state index is 6.05. The van der Waals surface area contributed by atoms with Crippen LogP contribution >= 0.6 is 11.6 Å². The average molecular weight is 438 g/mol. The number of hydrogen-bond donors (Lipinski definition) is 1. The molecule has 2 aromatic carbocycles. The number of likely N-dealkylation sites (tertiary alicyclic amines) is 1. The summed E-state index contributed by atoms with van der Waals surface area (Å²) in [7, 11) is 2.22. The first kappa shape index (κ1) is 21.9. The highest BCUT2D eigenvalue weighted by molar-refractivity contribution is 6.30. The molecule has 1 fully saturated rings. The van der Waals surface area contributed by atoms with Crippen LogP contribution in [-0.4, -0.2) is 41.6 Å². The molecule has 0 amide bonds. The monoisotopic (exact) mass is 437 g/mol. The molecule has 0 saturated carbocycles. The summed E-state index contributed by atoms with van der Waals surface area (Å²) in [5.74, 6) is 2.68. The molecule has 2 heterocycles. The summed E-state index contributed by atoms with van der Waals surface area (Å²) in [6.45, 7) is 7.42. The van der Waals surface area contributed by atoms with Crippen molar-refractivity contribution in [2.24, 2.45) is 5.92 Å². The Morgan fingerprint density at radius 3 is 2.55 bits per heavy atom. The molecule has 0 spiro atoms. The number of nitrogens with zero attached hydrogens (tertiary/aromatic N) is 2. The van der Waals surface area contributed by atoms with E-state index in [1.54, 1.807) is 0 Å². The molecular formula is C26H32ClN3O. The van der Waals surface area contributed by atoms with Crippen molar-refractivity contribution in [3.05, 3.63) is 58.7 Å². The Morgan fingerprint density at radius 2 is 1.84 bits per heavy atom. The topological polar surface area (TPSA) is 41.1 Å². The average Bonchev–Trinajstić information content (AvgIpc) is 3.14. The molecule has 164 valence electrons. The fourth-order valence-corrected chi connectivity index (χ4v) is 4.51. The molecule has 0 unspecified atom stereocenters. The number of piperidine rings is 1. The molecule has 3 aromatic rings. The van der Waals surface area contributed by atoms with E-state index < -0.39 is 0 Å². The number of aromatic nitrogens is 2. The van der Waals surface area contributed by atoms with E-state index in [9.17, 15) is 0 Å². The molecule has 1 aliphatic rings. The molecular weight excluding hydrogens is 406 g/mol. The fourth-order valence-electron chi connectivity index (χ4n) is 4.38. The molecule has 1 aromatic heterocycles. The van der Waals surface area contributed by atoms with E-state index in [2.05, 4.69) is 49.0 Å². The Kier molecular flexibility index (Phi) is 6.99. The maximum absolute atomic E-state index is 6.05. The van der Waals surface area contributed by atoms with E-state index in [1.807, 2.05) is 24.3 Å². The number of imidazole rings is 1. The van der Waals surface area contributed by atoms with E-state index in [0.717, 1.165) is 63.6 Å². The van der Waals surface area contributed by atoms with Crippen LogP contribution in [-0.2, 0) is 0 Å². The van der Waals surface area contributed by atoms with E-state index >= 15 is 0 Å². The van der Waals surface area contributed by atoms with Gasteiger partial charge < -0.3 is 14.6 Å². The van der Waals surface area contributed by atoms with Crippen molar-refractivity contribution in [1.29, 1.82) is 0 Å². The Bertz CT molecular complexity index is 1000. The summed E-state index contributed by atoms with van der Waals surface area (Å²) < 4.78 is 6.05. The number of aromatic amines is 1. The number of aryl methyl sites for hydroxylation is 2. The molecule has 1 saturated heterocycles.